The van der Waals surface area contributed by atoms with Gasteiger partial charge in [0, 0.05) is 33.7 Å². The fourth-order valence-electron chi connectivity index (χ4n) is 4.92. The number of carbonyl (C=O) groups is 1. The summed E-state index contributed by atoms with van der Waals surface area (Å²) in [5, 5.41) is 5.35. The molecule has 0 saturated carbocycles. The van der Waals surface area contributed by atoms with E-state index >= 15 is 0 Å². The van der Waals surface area contributed by atoms with Crippen molar-refractivity contribution >= 4 is 37.6 Å². The molecule has 0 aliphatic carbocycles. The molecule has 0 aliphatic heterocycles. The van der Waals surface area contributed by atoms with Gasteiger partial charge in [-0.1, -0.05) is 35.5 Å². The van der Waals surface area contributed by atoms with E-state index in [1.54, 1.807) is 24.3 Å². The molecule has 2 heterocycles. The number of nitrogens with zero attached hydrogens (tertiary/aromatic N) is 2. The molecule has 0 aliphatic rings. The van der Waals surface area contributed by atoms with Gasteiger partial charge < -0.3 is 14.8 Å². The van der Waals surface area contributed by atoms with Crippen LogP contribution in [-0.4, -0.2) is 30.3 Å². The highest BCUT2D eigenvalue weighted by molar-refractivity contribution is 7.90. The van der Waals surface area contributed by atoms with Crippen LogP contribution in [-0.2, 0) is 9.84 Å². The average molecular weight is 488 g/mol. The van der Waals surface area contributed by atoms with Crippen LogP contribution >= 0.6 is 0 Å². The van der Waals surface area contributed by atoms with Crippen LogP contribution < -0.4 is 5.73 Å². The topological polar surface area (TPSA) is 108 Å². The second-order valence-corrected chi connectivity index (χ2v) is 10.9. The van der Waals surface area contributed by atoms with E-state index in [2.05, 4.69) is 16.6 Å². The number of sulfone groups is 1. The van der Waals surface area contributed by atoms with Gasteiger partial charge in [-0.2, -0.15) is 0 Å². The summed E-state index contributed by atoms with van der Waals surface area (Å²) >= 11 is 0. The Labute approximate surface area is 203 Å². The minimum atomic E-state index is -3.46. The van der Waals surface area contributed by atoms with E-state index in [0.29, 0.717) is 27.8 Å². The SMILES string of the molecule is Cc1noc(C)c1-c1cc(C(N)=O)c2c3cc(S(C)(=O)=O)ccc3n(C(C)c3ccccc3)c2c1. The van der Waals surface area contributed by atoms with E-state index in [-0.39, 0.29) is 10.9 Å². The van der Waals surface area contributed by atoms with Crippen LogP contribution in [0.25, 0.3) is 32.9 Å². The summed E-state index contributed by atoms with van der Waals surface area (Å²) in [6.45, 7) is 5.75. The Morgan fingerprint density at radius 2 is 1.74 bits per heavy atom. The molecule has 5 rings (SSSR count). The molecule has 0 saturated heterocycles. The smallest absolute Gasteiger partial charge is 0.249 e. The first kappa shape index (κ1) is 22.9. The Kier molecular flexibility index (Phi) is 5.29. The number of hydrogen-bond donors (Lipinski definition) is 1. The predicted octanol–water partition coefficient (Wildman–Crippen LogP) is 5.18. The minimum absolute atomic E-state index is 0.110. The van der Waals surface area contributed by atoms with Crippen molar-refractivity contribution in [2.24, 2.45) is 5.73 Å². The van der Waals surface area contributed by atoms with Crippen LogP contribution in [0.1, 0.15) is 40.3 Å². The van der Waals surface area contributed by atoms with E-state index in [0.717, 1.165) is 27.7 Å². The van der Waals surface area contributed by atoms with Crippen molar-refractivity contribution in [2.45, 2.75) is 31.7 Å². The van der Waals surface area contributed by atoms with Crippen molar-refractivity contribution in [3.05, 3.63) is 83.2 Å². The molecular weight excluding hydrogens is 462 g/mol. The Bertz CT molecular complexity index is 1710. The van der Waals surface area contributed by atoms with Crippen LogP contribution in [0.5, 0.6) is 0 Å². The Morgan fingerprint density at radius 3 is 2.34 bits per heavy atom. The molecule has 0 spiro atoms. The maximum Gasteiger partial charge on any atom is 0.249 e. The second kappa shape index (κ2) is 8.09. The quantitative estimate of drug-likeness (QED) is 0.368. The lowest BCUT2D eigenvalue weighted by molar-refractivity contribution is 0.100. The zero-order chi connectivity index (χ0) is 25.1. The molecule has 8 heteroatoms. The van der Waals surface area contributed by atoms with Crippen molar-refractivity contribution in [3.8, 4) is 11.1 Å². The first-order valence-corrected chi connectivity index (χ1v) is 13.1. The summed E-state index contributed by atoms with van der Waals surface area (Å²) in [6.07, 6.45) is 1.17. The van der Waals surface area contributed by atoms with E-state index in [1.807, 2.05) is 50.2 Å². The average Bonchev–Trinajstić information content (AvgIpc) is 3.33. The maximum absolute atomic E-state index is 12.7. The van der Waals surface area contributed by atoms with Gasteiger partial charge in [0.1, 0.15) is 5.76 Å². The van der Waals surface area contributed by atoms with E-state index < -0.39 is 15.7 Å². The van der Waals surface area contributed by atoms with E-state index in [4.69, 9.17) is 10.3 Å². The zero-order valence-electron chi connectivity index (χ0n) is 19.9. The molecule has 1 unspecified atom stereocenters. The van der Waals surface area contributed by atoms with E-state index in [1.165, 1.54) is 6.26 Å². The van der Waals surface area contributed by atoms with Crippen LogP contribution in [0.4, 0.5) is 0 Å². The number of rotatable bonds is 5. The fourth-order valence-corrected chi connectivity index (χ4v) is 5.56. The molecule has 7 nitrogen and oxygen atoms in total. The lowest BCUT2D eigenvalue weighted by atomic mass is 9.97. The summed E-state index contributed by atoms with van der Waals surface area (Å²) in [4.78, 5) is 12.9. The highest BCUT2D eigenvalue weighted by Gasteiger charge is 2.24. The summed E-state index contributed by atoms with van der Waals surface area (Å²) < 4.78 is 32.2. The predicted molar refractivity (Wildman–Crippen MR) is 136 cm³/mol. The fraction of sp³-hybridized carbons (Fsp3) is 0.185. The highest BCUT2D eigenvalue weighted by atomic mass is 32.2. The maximum atomic E-state index is 12.7. The lowest BCUT2D eigenvalue weighted by Crippen LogP contribution is -2.12. The first-order valence-electron chi connectivity index (χ1n) is 11.2. The molecular formula is C27H25N3O4S. The second-order valence-electron chi connectivity index (χ2n) is 8.89. The molecule has 1 atom stereocenters. The standard InChI is InChI=1S/C27H25N3O4S/c1-15-25(17(3)34-29-15)19-12-22(27(28)31)26-21-14-20(35(4,32)33)10-11-23(21)30(24(26)13-19)16(2)18-8-6-5-7-9-18/h5-14,16H,1-4H3,(H2,28,31). The molecule has 1 amide bonds. The third kappa shape index (κ3) is 3.70. The Morgan fingerprint density at radius 1 is 1.03 bits per heavy atom. The van der Waals surface area contributed by atoms with Crippen LogP contribution in [0.3, 0.4) is 0 Å². The Hall–Kier alpha value is -3.91. The number of amides is 1. The number of benzene rings is 3. The van der Waals surface area contributed by atoms with Gasteiger partial charge in [0.15, 0.2) is 9.84 Å². The largest absolute Gasteiger partial charge is 0.366 e. The van der Waals surface area contributed by atoms with Crippen molar-refractivity contribution in [3.63, 3.8) is 0 Å². The number of aryl methyl sites for hydroxylation is 2. The van der Waals surface area contributed by atoms with Crippen LogP contribution in [0.15, 0.2) is 70.1 Å². The molecule has 5 aromatic rings. The molecule has 178 valence electrons. The number of primary amides is 1. The number of fused-ring (bicyclic) bond motifs is 3. The summed E-state index contributed by atoms with van der Waals surface area (Å²) in [7, 11) is -3.46. The highest BCUT2D eigenvalue weighted by Crippen LogP contribution is 2.40. The molecule has 3 aromatic carbocycles. The molecule has 2 aromatic heterocycles. The van der Waals surface area contributed by atoms with Gasteiger partial charge in [-0.3, -0.25) is 4.79 Å². The molecule has 35 heavy (non-hydrogen) atoms. The third-order valence-electron chi connectivity index (χ3n) is 6.56. The number of hydrogen-bond acceptors (Lipinski definition) is 5. The minimum Gasteiger partial charge on any atom is -0.366 e. The molecule has 0 radical (unpaired) electrons. The zero-order valence-corrected chi connectivity index (χ0v) is 20.7. The third-order valence-corrected chi connectivity index (χ3v) is 7.67. The van der Waals surface area contributed by atoms with Gasteiger partial charge in [0.25, 0.3) is 0 Å². The van der Waals surface area contributed by atoms with E-state index in [9.17, 15) is 13.2 Å². The monoisotopic (exact) mass is 487 g/mol. The summed E-state index contributed by atoms with van der Waals surface area (Å²) in [6, 6.07) is 18.6. The van der Waals surface area contributed by atoms with Gasteiger partial charge in [-0.05, 0) is 62.2 Å². The van der Waals surface area contributed by atoms with Crippen molar-refractivity contribution < 1.29 is 17.7 Å². The van der Waals surface area contributed by atoms with Gasteiger partial charge in [0.2, 0.25) is 5.91 Å². The summed E-state index contributed by atoms with van der Waals surface area (Å²) in [5.41, 5.74) is 11.1. The van der Waals surface area contributed by atoms with Crippen LogP contribution in [0, 0.1) is 13.8 Å². The molecule has 0 fully saturated rings. The normalized spacial score (nSPS) is 12.9. The number of nitrogens with two attached hydrogens (primary N) is 1. The first-order chi connectivity index (χ1) is 16.6. The van der Waals surface area contributed by atoms with Gasteiger partial charge in [0.05, 0.1) is 22.1 Å². The van der Waals surface area contributed by atoms with Crippen LogP contribution in [0.2, 0.25) is 0 Å². The van der Waals surface area contributed by atoms with Crippen molar-refractivity contribution in [1.29, 1.82) is 0 Å². The number of carbonyl (C=O) groups excluding carboxylic acids is 1. The molecule has 2 N–H and O–H groups in total. The lowest BCUT2D eigenvalue weighted by Gasteiger charge is -2.18. The van der Waals surface area contributed by atoms with Crippen molar-refractivity contribution in [2.75, 3.05) is 6.26 Å². The van der Waals surface area contributed by atoms with Gasteiger partial charge >= 0.3 is 0 Å². The molecule has 0 bridgehead atoms. The van der Waals surface area contributed by atoms with Gasteiger partial charge in [-0.15, -0.1) is 0 Å². The summed E-state index contributed by atoms with van der Waals surface area (Å²) in [5.74, 6) is 0.0372. The number of aromatic nitrogens is 2. The van der Waals surface area contributed by atoms with Gasteiger partial charge in [-0.25, -0.2) is 8.42 Å². The Balaban J connectivity index is 1.97. The van der Waals surface area contributed by atoms with Crippen molar-refractivity contribution in [1.82, 2.24) is 9.72 Å².